The highest BCUT2D eigenvalue weighted by Gasteiger charge is 2.22. The molecular weight excluding hydrogens is 424 g/mol. The number of aliphatic imine (C=N–C) groups is 1. The van der Waals surface area contributed by atoms with E-state index in [1.54, 1.807) is 12.1 Å². The maximum atomic E-state index is 14.7. The van der Waals surface area contributed by atoms with Crippen molar-refractivity contribution in [2.75, 3.05) is 33.4 Å². The average Bonchev–Trinajstić information content (AvgIpc) is 2.80. The molecule has 4 rings (SSSR count). The van der Waals surface area contributed by atoms with Gasteiger partial charge in [0.05, 0.1) is 13.2 Å². The van der Waals surface area contributed by atoms with Gasteiger partial charge in [-0.2, -0.15) is 0 Å². The normalized spacial score (nSPS) is 16.6. The lowest BCUT2D eigenvalue weighted by Gasteiger charge is -2.37. The van der Waals surface area contributed by atoms with Crippen molar-refractivity contribution < 1.29 is 18.3 Å². The Morgan fingerprint density at radius 1 is 1.03 bits per heavy atom. The number of ether oxygens (including phenoxy) is 2. The number of aryl methyl sites for hydroxylation is 3. The van der Waals surface area contributed by atoms with E-state index in [2.05, 4.69) is 16.5 Å². The van der Waals surface area contributed by atoms with Crippen LogP contribution in [0.4, 0.5) is 8.78 Å². The Morgan fingerprint density at radius 2 is 1.73 bits per heavy atom. The van der Waals surface area contributed by atoms with Gasteiger partial charge in [0.15, 0.2) is 17.4 Å². The third-order valence-electron chi connectivity index (χ3n) is 6.06. The number of halogens is 2. The van der Waals surface area contributed by atoms with Crippen LogP contribution in [0.5, 0.6) is 11.5 Å². The first-order valence-corrected chi connectivity index (χ1v) is 11.1. The summed E-state index contributed by atoms with van der Waals surface area (Å²) in [7, 11) is 1.93. The molecule has 1 saturated heterocycles. The van der Waals surface area contributed by atoms with Gasteiger partial charge < -0.3 is 19.3 Å². The fourth-order valence-electron chi connectivity index (χ4n) is 3.90. The quantitative estimate of drug-likeness (QED) is 0.592. The highest BCUT2D eigenvalue weighted by atomic mass is 19.1. The number of nitrogens with zero attached hydrogens (tertiary/aromatic N) is 3. The van der Waals surface area contributed by atoms with E-state index in [0.29, 0.717) is 43.2 Å². The van der Waals surface area contributed by atoms with Crippen LogP contribution in [0, 0.1) is 25.5 Å². The Bertz CT molecular complexity index is 1100. The summed E-state index contributed by atoms with van der Waals surface area (Å²) in [6.07, 6.45) is 3.00. The summed E-state index contributed by atoms with van der Waals surface area (Å²) < 4.78 is 40.4. The monoisotopic (exact) mass is 453 g/mol. The molecule has 174 valence electrons. The van der Waals surface area contributed by atoms with Crippen molar-refractivity contribution in [3.8, 4) is 11.5 Å². The van der Waals surface area contributed by atoms with Crippen LogP contribution in [0.2, 0.25) is 0 Å². The summed E-state index contributed by atoms with van der Waals surface area (Å²) in [5.41, 5.74) is 3.46. The Morgan fingerprint density at radius 3 is 2.39 bits per heavy atom. The van der Waals surface area contributed by atoms with Gasteiger partial charge in [0.1, 0.15) is 17.4 Å². The van der Waals surface area contributed by atoms with Crippen molar-refractivity contribution >= 4 is 5.71 Å². The van der Waals surface area contributed by atoms with Gasteiger partial charge in [0.2, 0.25) is 0 Å². The lowest BCUT2D eigenvalue weighted by atomic mass is 10.1. The number of benzene rings is 2. The number of hydrogen-bond donors (Lipinski definition) is 0. The lowest BCUT2D eigenvalue weighted by Crippen LogP contribution is -2.41. The largest absolute Gasteiger partial charge is 0.451 e. The van der Waals surface area contributed by atoms with Crippen molar-refractivity contribution in [3.05, 3.63) is 83.0 Å². The molecule has 0 saturated carbocycles. The summed E-state index contributed by atoms with van der Waals surface area (Å²) in [5, 5.41) is 0. The Hall–Kier alpha value is -3.19. The fourth-order valence-corrected chi connectivity index (χ4v) is 3.90. The predicted octanol–water partition coefficient (Wildman–Crippen LogP) is 5.34. The minimum Gasteiger partial charge on any atom is -0.451 e. The number of morpholine rings is 1. The highest BCUT2D eigenvalue weighted by Crippen LogP contribution is 2.30. The molecule has 2 heterocycles. The van der Waals surface area contributed by atoms with Crippen LogP contribution in [-0.4, -0.2) is 48.9 Å². The van der Waals surface area contributed by atoms with Gasteiger partial charge in [-0.25, -0.2) is 13.8 Å². The molecular formula is C26H29F2N3O2. The molecule has 33 heavy (non-hydrogen) atoms. The zero-order valence-corrected chi connectivity index (χ0v) is 19.3. The van der Waals surface area contributed by atoms with Crippen LogP contribution in [0.1, 0.15) is 23.1 Å². The molecule has 0 radical (unpaired) electrons. The molecule has 0 unspecified atom stereocenters. The second-order valence-corrected chi connectivity index (χ2v) is 8.42. The predicted molar refractivity (Wildman–Crippen MR) is 125 cm³/mol. The molecule has 0 aliphatic carbocycles. The summed E-state index contributed by atoms with van der Waals surface area (Å²) in [5.74, 6) is 0.237. The molecule has 0 bridgehead atoms. The van der Waals surface area contributed by atoms with Gasteiger partial charge in [-0.1, -0.05) is 12.6 Å². The van der Waals surface area contributed by atoms with E-state index < -0.39 is 11.6 Å². The van der Waals surface area contributed by atoms with Crippen LogP contribution >= 0.6 is 0 Å². The summed E-state index contributed by atoms with van der Waals surface area (Å²) >= 11 is 0. The Kier molecular flexibility index (Phi) is 6.79. The maximum Gasteiger partial charge on any atom is 0.198 e. The molecule has 7 heteroatoms. The van der Waals surface area contributed by atoms with Gasteiger partial charge in [-0.15, -0.1) is 0 Å². The SMILES string of the molecule is C=C1N=C(CCc2cc(F)c(Oc3ccc(C)c(C)c3)c(F)c2)C=C(N2CCOCC2)N1C. The first-order valence-electron chi connectivity index (χ1n) is 11.1. The number of allylic oxidation sites excluding steroid dienone is 1. The Labute approximate surface area is 193 Å². The molecule has 0 N–H and O–H groups in total. The molecule has 2 aromatic carbocycles. The average molecular weight is 454 g/mol. The molecule has 2 aliphatic heterocycles. The third-order valence-corrected chi connectivity index (χ3v) is 6.06. The van der Waals surface area contributed by atoms with E-state index in [0.717, 1.165) is 35.7 Å². The van der Waals surface area contributed by atoms with E-state index in [4.69, 9.17) is 9.47 Å². The van der Waals surface area contributed by atoms with E-state index >= 15 is 0 Å². The fraction of sp³-hybridized carbons (Fsp3) is 0.346. The van der Waals surface area contributed by atoms with Crippen molar-refractivity contribution in [2.45, 2.75) is 26.7 Å². The van der Waals surface area contributed by atoms with Crippen LogP contribution < -0.4 is 4.74 Å². The van der Waals surface area contributed by atoms with Gasteiger partial charge in [-0.05, 0) is 67.6 Å². The first kappa shape index (κ1) is 23.0. The minimum atomic E-state index is -0.720. The molecule has 2 aliphatic rings. The smallest absolute Gasteiger partial charge is 0.198 e. The number of hydrogen-bond acceptors (Lipinski definition) is 5. The van der Waals surface area contributed by atoms with Crippen molar-refractivity contribution in [1.82, 2.24) is 9.80 Å². The third kappa shape index (κ3) is 5.25. The van der Waals surface area contributed by atoms with Crippen LogP contribution in [0.3, 0.4) is 0 Å². The van der Waals surface area contributed by atoms with E-state index in [1.165, 1.54) is 12.1 Å². The van der Waals surface area contributed by atoms with E-state index in [-0.39, 0.29) is 5.75 Å². The molecule has 5 nitrogen and oxygen atoms in total. The molecule has 0 atom stereocenters. The van der Waals surface area contributed by atoms with Crippen molar-refractivity contribution in [3.63, 3.8) is 0 Å². The molecule has 0 amide bonds. The van der Waals surface area contributed by atoms with E-state index in [1.807, 2.05) is 37.9 Å². The lowest BCUT2D eigenvalue weighted by molar-refractivity contribution is 0.0427. The number of rotatable bonds is 6. The summed E-state index contributed by atoms with van der Waals surface area (Å²) in [6, 6.07) is 8.00. The molecule has 1 fully saturated rings. The minimum absolute atomic E-state index is 0.387. The first-order chi connectivity index (χ1) is 15.8. The van der Waals surface area contributed by atoms with Gasteiger partial charge in [0.25, 0.3) is 0 Å². The Balaban J connectivity index is 1.47. The van der Waals surface area contributed by atoms with Crippen LogP contribution in [0.15, 0.2) is 59.6 Å². The van der Waals surface area contributed by atoms with Crippen molar-refractivity contribution in [1.29, 1.82) is 0 Å². The summed E-state index contributed by atoms with van der Waals surface area (Å²) in [4.78, 5) is 8.75. The zero-order valence-electron chi connectivity index (χ0n) is 19.3. The second-order valence-electron chi connectivity index (χ2n) is 8.42. The maximum absolute atomic E-state index is 14.7. The second kappa shape index (κ2) is 9.75. The van der Waals surface area contributed by atoms with Gasteiger partial charge >= 0.3 is 0 Å². The summed E-state index contributed by atoms with van der Waals surface area (Å²) in [6.45, 7) is 10.9. The standard InChI is InChI=1S/C26H29F2N3O2/c1-17-5-8-22(13-18(17)2)33-26-23(27)14-20(15-24(26)28)6-7-21-16-25(30(4)19(3)29-21)31-9-11-32-12-10-31/h5,8,13-16H,3,6-7,9-12H2,1-2,4H3. The van der Waals surface area contributed by atoms with Gasteiger partial charge in [0, 0.05) is 31.9 Å². The van der Waals surface area contributed by atoms with Crippen LogP contribution in [-0.2, 0) is 11.2 Å². The zero-order chi connectivity index (χ0) is 23.5. The topological polar surface area (TPSA) is 37.3 Å². The van der Waals surface area contributed by atoms with Crippen molar-refractivity contribution in [2.24, 2.45) is 4.99 Å². The van der Waals surface area contributed by atoms with Gasteiger partial charge in [-0.3, -0.25) is 0 Å². The van der Waals surface area contributed by atoms with E-state index in [9.17, 15) is 8.78 Å². The van der Waals surface area contributed by atoms with Crippen LogP contribution in [0.25, 0.3) is 0 Å². The molecule has 2 aromatic rings. The highest BCUT2D eigenvalue weighted by molar-refractivity contribution is 5.97. The molecule has 0 spiro atoms. The molecule has 0 aromatic heterocycles.